The van der Waals surface area contributed by atoms with Gasteiger partial charge in [0, 0.05) is 0 Å². The zero-order valence-electron chi connectivity index (χ0n) is 4.88. The van der Waals surface area contributed by atoms with E-state index in [1.165, 1.54) is 0 Å². The Balaban J connectivity index is 4.50. The highest BCUT2D eigenvalue weighted by atomic mass is 19.4. The van der Waals surface area contributed by atoms with Gasteiger partial charge < -0.3 is 4.74 Å². The molecule has 11 heavy (non-hydrogen) atoms. The number of hydrogen-bond acceptors (Lipinski definition) is 1. The average molecular weight is 180 g/mol. The van der Waals surface area contributed by atoms with E-state index in [4.69, 9.17) is 0 Å². The molecule has 0 aliphatic heterocycles. The lowest BCUT2D eigenvalue weighted by atomic mass is 10.5. The van der Waals surface area contributed by atoms with E-state index in [-0.39, 0.29) is 0 Å². The van der Waals surface area contributed by atoms with Gasteiger partial charge in [0.1, 0.15) is 0 Å². The van der Waals surface area contributed by atoms with Crippen LogP contribution >= 0.6 is 0 Å². The van der Waals surface area contributed by atoms with Gasteiger partial charge in [0.05, 0.1) is 0 Å². The second-order valence-electron chi connectivity index (χ2n) is 1.34. The second kappa shape index (κ2) is 3.49. The Kier molecular flexibility index (Phi) is 3.21. The highest BCUT2D eigenvalue weighted by Crippen LogP contribution is 2.30. The first kappa shape index (κ1) is 10.1. The fourth-order valence-electron chi connectivity index (χ4n) is 0.298. The van der Waals surface area contributed by atoms with E-state index >= 15 is 0 Å². The molecule has 7 heteroatoms. The molecule has 0 spiro atoms. The molecular formula is C4H2F6O. The summed E-state index contributed by atoms with van der Waals surface area (Å²) in [5.74, 6) is -2.58. The standard InChI is InChI=1S/C4H2F6O/c5-1-11-2(3(6)7)4(8,9)10/h1H2. The molecule has 0 saturated heterocycles. The maximum absolute atomic E-state index is 11.3. The molecule has 0 N–H and O–H groups in total. The molecular weight excluding hydrogens is 178 g/mol. The van der Waals surface area contributed by atoms with Gasteiger partial charge in [-0.25, -0.2) is 4.39 Å². The minimum atomic E-state index is -5.34. The van der Waals surface area contributed by atoms with Crippen LogP contribution in [0.1, 0.15) is 0 Å². The summed E-state index contributed by atoms with van der Waals surface area (Å²) in [5, 5.41) is 0. The third-order valence-corrected chi connectivity index (χ3v) is 0.628. The molecule has 0 aromatic carbocycles. The lowest BCUT2D eigenvalue weighted by Gasteiger charge is -2.08. The van der Waals surface area contributed by atoms with E-state index in [1.54, 1.807) is 0 Å². The Morgan fingerprint density at radius 3 is 1.73 bits per heavy atom. The van der Waals surface area contributed by atoms with Crippen molar-refractivity contribution in [2.45, 2.75) is 6.18 Å². The Morgan fingerprint density at radius 1 is 1.18 bits per heavy atom. The smallest absolute Gasteiger partial charge is 0.453 e. The van der Waals surface area contributed by atoms with Crippen molar-refractivity contribution in [3.05, 3.63) is 11.8 Å². The Hall–Kier alpha value is -0.880. The molecule has 0 aromatic heterocycles. The van der Waals surface area contributed by atoms with E-state index in [0.29, 0.717) is 0 Å². The molecule has 0 fully saturated rings. The number of halogens is 6. The first-order chi connectivity index (χ1) is 4.89. The molecule has 66 valence electrons. The van der Waals surface area contributed by atoms with Crippen molar-refractivity contribution in [2.75, 3.05) is 6.86 Å². The first-order valence-corrected chi connectivity index (χ1v) is 2.20. The number of alkyl halides is 4. The fraction of sp³-hybridized carbons (Fsp3) is 0.500. The van der Waals surface area contributed by atoms with Gasteiger partial charge in [-0.15, -0.1) is 0 Å². The van der Waals surface area contributed by atoms with Crippen LogP contribution in [0.5, 0.6) is 0 Å². The minimum Gasteiger partial charge on any atom is -0.453 e. The van der Waals surface area contributed by atoms with Gasteiger partial charge in [-0.2, -0.15) is 22.0 Å². The van der Waals surface area contributed by atoms with Crippen molar-refractivity contribution < 1.29 is 31.1 Å². The lowest BCUT2D eigenvalue weighted by molar-refractivity contribution is -0.143. The zero-order chi connectivity index (χ0) is 9.07. The zero-order valence-corrected chi connectivity index (χ0v) is 4.88. The molecule has 0 saturated carbocycles. The van der Waals surface area contributed by atoms with Crippen LogP contribution in [0.25, 0.3) is 0 Å². The summed E-state index contributed by atoms with van der Waals surface area (Å²) in [5.41, 5.74) is 0. The van der Waals surface area contributed by atoms with Crippen molar-refractivity contribution in [3.8, 4) is 0 Å². The molecule has 0 atom stereocenters. The molecule has 0 aromatic rings. The number of ether oxygens (including phenoxy) is 1. The maximum Gasteiger partial charge on any atom is 0.454 e. The molecule has 0 unspecified atom stereocenters. The fourth-order valence-corrected chi connectivity index (χ4v) is 0.298. The van der Waals surface area contributed by atoms with Crippen LogP contribution in [0.4, 0.5) is 26.3 Å². The van der Waals surface area contributed by atoms with Crippen LogP contribution in [-0.2, 0) is 4.74 Å². The van der Waals surface area contributed by atoms with Gasteiger partial charge in [0.25, 0.3) is 5.76 Å². The third kappa shape index (κ3) is 3.15. The summed E-state index contributed by atoms with van der Waals surface area (Å²) >= 11 is 0. The topological polar surface area (TPSA) is 9.23 Å². The Morgan fingerprint density at radius 2 is 1.64 bits per heavy atom. The normalized spacial score (nSPS) is 11.1. The molecule has 0 amide bonds. The summed E-state index contributed by atoms with van der Waals surface area (Å²) in [6.45, 7) is -1.94. The Bertz CT molecular complexity index is 154. The highest BCUT2D eigenvalue weighted by Gasteiger charge is 2.40. The van der Waals surface area contributed by atoms with Crippen LogP contribution in [0.2, 0.25) is 0 Å². The summed E-state index contributed by atoms with van der Waals surface area (Å²) in [6.07, 6.45) is -8.43. The van der Waals surface area contributed by atoms with Gasteiger partial charge in [-0.1, -0.05) is 0 Å². The summed E-state index contributed by atoms with van der Waals surface area (Å²) in [4.78, 5) is 0. The molecule has 1 nitrogen and oxygen atoms in total. The molecule has 0 heterocycles. The third-order valence-electron chi connectivity index (χ3n) is 0.628. The quantitative estimate of drug-likeness (QED) is 0.468. The number of hydrogen-bond donors (Lipinski definition) is 0. The minimum absolute atomic E-state index is 1.94. The molecule has 0 radical (unpaired) electrons. The van der Waals surface area contributed by atoms with E-state index in [2.05, 4.69) is 4.74 Å². The average Bonchev–Trinajstić information content (AvgIpc) is 1.79. The van der Waals surface area contributed by atoms with E-state index in [9.17, 15) is 26.3 Å². The molecule has 0 rings (SSSR count). The van der Waals surface area contributed by atoms with Crippen molar-refractivity contribution in [1.29, 1.82) is 0 Å². The molecule has 0 bridgehead atoms. The lowest BCUT2D eigenvalue weighted by Crippen LogP contribution is -2.15. The largest absolute Gasteiger partial charge is 0.454 e. The summed E-state index contributed by atoms with van der Waals surface area (Å²) < 4.78 is 70.5. The van der Waals surface area contributed by atoms with E-state index in [0.717, 1.165) is 0 Å². The van der Waals surface area contributed by atoms with Crippen LogP contribution in [0.15, 0.2) is 11.8 Å². The monoisotopic (exact) mass is 180 g/mol. The van der Waals surface area contributed by atoms with Gasteiger partial charge in [0.2, 0.25) is 6.86 Å². The maximum atomic E-state index is 11.3. The van der Waals surface area contributed by atoms with Crippen LogP contribution in [-0.4, -0.2) is 13.0 Å². The van der Waals surface area contributed by atoms with E-state index < -0.39 is 24.9 Å². The van der Waals surface area contributed by atoms with Gasteiger partial charge in [0.15, 0.2) is 0 Å². The predicted molar refractivity (Wildman–Crippen MR) is 22.4 cm³/mol. The predicted octanol–water partition coefficient (Wildman–Crippen LogP) is 2.60. The molecule has 0 aliphatic rings. The number of rotatable bonds is 2. The van der Waals surface area contributed by atoms with Crippen molar-refractivity contribution in [2.24, 2.45) is 0 Å². The van der Waals surface area contributed by atoms with Gasteiger partial charge >= 0.3 is 12.3 Å². The van der Waals surface area contributed by atoms with Crippen molar-refractivity contribution in [1.82, 2.24) is 0 Å². The van der Waals surface area contributed by atoms with Crippen LogP contribution < -0.4 is 0 Å². The summed E-state index contributed by atoms with van der Waals surface area (Å²) in [7, 11) is 0. The van der Waals surface area contributed by atoms with Crippen molar-refractivity contribution >= 4 is 0 Å². The van der Waals surface area contributed by atoms with E-state index in [1.807, 2.05) is 0 Å². The SMILES string of the molecule is FCOC(=C(F)F)C(F)(F)F. The van der Waals surface area contributed by atoms with Crippen LogP contribution in [0.3, 0.4) is 0 Å². The van der Waals surface area contributed by atoms with Crippen molar-refractivity contribution in [3.63, 3.8) is 0 Å². The van der Waals surface area contributed by atoms with Crippen LogP contribution in [0, 0.1) is 0 Å². The number of allylic oxidation sites excluding steroid dienone is 1. The highest BCUT2D eigenvalue weighted by molar-refractivity contribution is 5.00. The Labute approximate surface area is 57.3 Å². The second-order valence-corrected chi connectivity index (χ2v) is 1.34. The first-order valence-electron chi connectivity index (χ1n) is 2.20. The van der Waals surface area contributed by atoms with Gasteiger partial charge in [-0.05, 0) is 0 Å². The molecule has 0 aliphatic carbocycles. The van der Waals surface area contributed by atoms with Gasteiger partial charge in [-0.3, -0.25) is 0 Å². The summed E-state index contributed by atoms with van der Waals surface area (Å²) in [6, 6.07) is 0.